The molecule has 0 aromatic heterocycles. The van der Waals surface area contributed by atoms with Crippen molar-refractivity contribution in [2.24, 2.45) is 0 Å². The summed E-state index contributed by atoms with van der Waals surface area (Å²) in [6, 6.07) is 0. The molecule has 0 aliphatic heterocycles. The van der Waals surface area contributed by atoms with Gasteiger partial charge < -0.3 is 34.2 Å². The normalized spacial score (nSPS) is 14.8. The largest absolute Gasteiger partial charge is 0.472 e. The van der Waals surface area contributed by atoms with Crippen LogP contribution in [-0.4, -0.2) is 95.9 Å². The Morgan fingerprint density at radius 2 is 0.459 bits per heavy atom. The third kappa shape index (κ3) is 83.4. The van der Waals surface area contributed by atoms with Crippen LogP contribution >= 0.6 is 15.6 Å². The Balaban J connectivity index is 4.50. The standard InChI is InChI=1S/C91H150O16P2/c1-4-7-10-13-16-19-22-25-28-31-33-35-36-37-38-39-40-41-42-43-44-45-46-47-48-50-52-54-56-59-62-65-68-71-74-77-89(94)101-80-86(92)81-103-108(97,98)104-82-87(93)83-105-109(99,100)106-85-88(107-91(96)79-76-73-70-67-64-61-58-53-30-27-24-21-18-15-12-9-6-3)84-102-90(95)78-75-72-69-66-63-60-57-55-51-49-34-32-29-26-23-20-17-14-11-8-5-2/h7-12,16-21,25-30,33-35,37-38,49,55,57-58,61,63,66,86-88,92-93H,4-6,13-15,22-24,31-32,36,39-48,50-54,56,59-60,62,64-65,67-85H2,1-3H3,(H,97,98)(H,99,100)/b10-7-,11-8-,12-9-,19-16-,20-17-,21-18-,28-25-,29-26-,30-27-,35-33-,38-37-,49-34-,57-55-,61-58-,66-63-. The second-order valence-corrected chi connectivity index (χ2v) is 30.4. The molecular weight excluding hydrogens is 1410 g/mol. The van der Waals surface area contributed by atoms with E-state index in [1.807, 2.05) is 0 Å². The topological polar surface area (TPSA) is 231 Å². The fraction of sp³-hybridized carbons (Fsp3) is 0.637. The van der Waals surface area contributed by atoms with Crippen LogP contribution in [0.25, 0.3) is 0 Å². The Labute approximate surface area is 662 Å². The molecule has 0 rings (SSSR count). The highest BCUT2D eigenvalue weighted by Crippen LogP contribution is 2.45. The predicted octanol–water partition coefficient (Wildman–Crippen LogP) is 25.3. The van der Waals surface area contributed by atoms with Gasteiger partial charge >= 0.3 is 33.6 Å². The zero-order valence-electron chi connectivity index (χ0n) is 67.9. The molecule has 109 heavy (non-hydrogen) atoms. The number of ether oxygens (including phenoxy) is 3. The first-order valence-electron chi connectivity index (χ1n) is 42.1. The van der Waals surface area contributed by atoms with Crippen molar-refractivity contribution in [2.45, 2.75) is 334 Å². The van der Waals surface area contributed by atoms with Gasteiger partial charge in [-0.05, 0) is 154 Å². The molecule has 0 spiro atoms. The van der Waals surface area contributed by atoms with Gasteiger partial charge in [-0.2, -0.15) is 0 Å². The molecule has 5 unspecified atom stereocenters. The molecule has 5 atom stereocenters. The van der Waals surface area contributed by atoms with Gasteiger partial charge in [-0.1, -0.05) is 325 Å². The lowest BCUT2D eigenvalue weighted by atomic mass is 10.0. The van der Waals surface area contributed by atoms with Gasteiger partial charge in [-0.3, -0.25) is 32.5 Å². The quantitative estimate of drug-likeness (QED) is 0.0146. The maximum absolute atomic E-state index is 13.0. The summed E-state index contributed by atoms with van der Waals surface area (Å²) in [6.45, 7) is 2.26. The number of phosphoric acid groups is 2. The Morgan fingerprint density at radius 1 is 0.257 bits per heavy atom. The number of hydrogen-bond acceptors (Lipinski definition) is 14. The van der Waals surface area contributed by atoms with Crippen LogP contribution in [0.2, 0.25) is 0 Å². The molecule has 0 aromatic carbocycles. The molecule has 16 nitrogen and oxygen atoms in total. The van der Waals surface area contributed by atoms with Crippen LogP contribution < -0.4 is 0 Å². The Hall–Kier alpha value is -5.35. The van der Waals surface area contributed by atoms with Gasteiger partial charge in [0, 0.05) is 19.3 Å². The smallest absolute Gasteiger partial charge is 0.463 e. The van der Waals surface area contributed by atoms with E-state index in [1.54, 1.807) is 0 Å². The summed E-state index contributed by atoms with van der Waals surface area (Å²) in [5.41, 5.74) is 0. The van der Waals surface area contributed by atoms with E-state index in [1.165, 1.54) is 103 Å². The van der Waals surface area contributed by atoms with Gasteiger partial charge in [0.1, 0.15) is 25.4 Å². The first kappa shape index (κ1) is 104. The molecule has 0 radical (unpaired) electrons. The van der Waals surface area contributed by atoms with Crippen LogP contribution in [-0.2, 0) is 55.8 Å². The summed E-state index contributed by atoms with van der Waals surface area (Å²) in [6.07, 6.45) is 107. The first-order chi connectivity index (χ1) is 53.2. The Morgan fingerprint density at radius 3 is 0.743 bits per heavy atom. The van der Waals surface area contributed by atoms with E-state index >= 15 is 0 Å². The third-order valence-corrected chi connectivity index (χ3v) is 19.0. The van der Waals surface area contributed by atoms with Crippen LogP contribution in [0.3, 0.4) is 0 Å². The highest BCUT2D eigenvalue weighted by Gasteiger charge is 2.29. The zero-order valence-corrected chi connectivity index (χ0v) is 69.7. The Kier molecular flexibility index (Phi) is 78.1. The summed E-state index contributed by atoms with van der Waals surface area (Å²) >= 11 is 0. The van der Waals surface area contributed by atoms with Crippen LogP contribution in [0.4, 0.5) is 0 Å². The number of phosphoric ester groups is 2. The molecule has 0 aliphatic rings. The summed E-state index contributed by atoms with van der Waals surface area (Å²) in [4.78, 5) is 58.7. The molecule has 620 valence electrons. The lowest BCUT2D eigenvalue weighted by Gasteiger charge is -2.21. The van der Waals surface area contributed by atoms with E-state index in [0.717, 1.165) is 154 Å². The number of allylic oxidation sites excluding steroid dienone is 30. The average molecular weight is 1560 g/mol. The average Bonchev–Trinajstić information content (AvgIpc) is 0.903. The molecule has 18 heteroatoms. The van der Waals surface area contributed by atoms with E-state index in [4.69, 9.17) is 32.3 Å². The van der Waals surface area contributed by atoms with Crippen molar-refractivity contribution in [2.75, 3.05) is 39.6 Å². The van der Waals surface area contributed by atoms with Crippen molar-refractivity contribution in [1.82, 2.24) is 0 Å². The second kappa shape index (κ2) is 82.1. The third-order valence-electron chi connectivity index (χ3n) is 17.1. The molecule has 0 aliphatic carbocycles. The molecule has 0 heterocycles. The predicted molar refractivity (Wildman–Crippen MR) is 454 cm³/mol. The van der Waals surface area contributed by atoms with Crippen LogP contribution in [0.15, 0.2) is 182 Å². The summed E-state index contributed by atoms with van der Waals surface area (Å²) in [5, 5.41) is 20.7. The first-order valence-corrected chi connectivity index (χ1v) is 45.1. The number of hydrogen-bond donors (Lipinski definition) is 4. The molecular formula is C91H150O16P2. The maximum Gasteiger partial charge on any atom is 0.472 e. The minimum atomic E-state index is -4.96. The van der Waals surface area contributed by atoms with Crippen molar-refractivity contribution in [3.8, 4) is 0 Å². The molecule has 4 N–H and O–H groups in total. The van der Waals surface area contributed by atoms with Crippen molar-refractivity contribution in [3.05, 3.63) is 182 Å². The highest BCUT2D eigenvalue weighted by molar-refractivity contribution is 7.47. The monoisotopic (exact) mass is 1560 g/mol. The van der Waals surface area contributed by atoms with E-state index in [0.29, 0.717) is 19.3 Å². The minimum Gasteiger partial charge on any atom is -0.463 e. The molecule has 0 fully saturated rings. The van der Waals surface area contributed by atoms with Crippen molar-refractivity contribution < 1.29 is 75.8 Å². The number of carbonyl (C=O) groups is 3. The van der Waals surface area contributed by atoms with Gasteiger partial charge in [0.15, 0.2) is 6.10 Å². The lowest BCUT2D eigenvalue weighted by molar-refractivity contribution is -0.161. The highest BCUT2D eigenvalue weighted by atomic mass is 31.2. The lowest BCUT2D eigenvalue weighted by Crippen LogP contribution is -2.30. The van der Waals surface area contributed by atoms with Crippen LogP contribution in [0.5, 0.6) is 0 Å². The number of aliphatic hydroxyl groups is 2. The minimum absolute atomic E-state index is 0.0604. The van der Waals surface area contributed by atoms with Crippen LogP contribution in [0, 0.1) is 0 Å². The van der Waals surface area contributed by atoms with Crippen molar-refractivity contribution in [1.29, 1.82) is 0 Å². The van der Waals surface area contributed by atoms with Gasteiger partial charge in [-0.15, -0.1) is 0 Å². The number of esters is 3. The molecule has 0 saturated carbocycles. The van der Waals surface area contributed by atoms with E-state index in [-0.39, 0.29) is 19.3 Å². The number of unbranched alkanes of at least 4 members (excludes halogenated alkanes) is 25. The van der Waals surface area contributed by atoms with Crippen molar-refractivity contribution >= 4 is 33.6 Å². The number of rotatable bonds is 78. The molecule has 0 bridgehead atoms. The fourth-order valence-corrected chi connectivity index (χ4v) is 12.4. The second-order valence-electron chi connectivity index (χ2n) is 27.5. The van der Waals surface area contributed by atoms with Crippen molar-refractivity contribution in [3.63, 3.8) is 0 Å². The number of aliphatic hydroxyl groups excluding tert-OH is 2. The molecule has 0 amide bonds. The number of carbonyl (C=O) groups excluding carboxylic acids is 3. The maximum atomic E-state index is 13.0. The Bertz CT molecular complexity index is 2710. The van der Waals surface area contributed by atoms with Gasteiger partial charge in [0.05, 0.1) is 26.4 Å². The summed E-state index contributed by atoms with van der Waals surface area (Å²) < 4.78 is 61.2. The molecule has 0 saturated heterocycles. The van der Waals surface area contributed by atoms with E-state index < -0.39 is 91.5 Å². The fourth-order valence-electron chi connectivity index (χ4n) is 10.8. The van der Waals surface area contributed by atoms with Gasteiger partial charge in [0.2, 0.25) is 0 Å². The SMILES string of the molecule is CC/C=C\C/C=C\C/C=C\C/C=C\C/C=C\C/C=C\CCCCC(=O)OCC(COP(=O)(O)OCC(O)COP(=O)(O)OCC(O)COC(=O)CCCCCCCCCCCCCCCCCCCCC/C=C\C/C=C\C/C=C\C/C=C\C/C=C\CC)OC(=O)CCCCCC/C=C\C/C=C\C/C=C\C/C=C\CC. The van der Waals surface area contributed by atoms with E-state index in [9.17, 15) is 43.5 Å². The molecule has 0 aromatic rings. The van der Waals surface area contributed by atoms with Crippen LogP contribution in [0.1, 0.15) is 316 Å². The van der Waals surface area contributed by atoms with Gasteiger partial charge in [0.25, 0.3) is 0 Å². The summed E-state index contributed by atoms with van der Waals surface area (Å²) in [7, 11) is -9.83. The summed E-state index contributed by atoms with van der Waals surface area (Å²) in [5.74, 6) is -1.66. The van der Waals surface area contributed by atoms with Gasteiger partial charge in [-0.25, -0.2) is 9.13 Å². The zero-order chi connectivity index (χ0) is 79.4. The van der Waals surface area contributed by atoms with E-state index in [2.05, 4.69) is 203 Å².